The van der Waals surface area contributed by atoms with Crippen molar-refractivity contribution < 1.29 is 13.2 Å². The van der Waals surface area contributed by atoms with Crippen LogP contribution < -0.4 is 8.85 Å². The standard InChI is InChI=1S/C30H39Br2FO2Si2/c1-29(2,3)36(7,8)34-24-15-22-12-11-20(17-25(22)23(16-24)19-28(31)32)21-13-14-27(26(33)18-21)35-37(9,10)30(4,5)6/h11-19H,1-10H3. The first-order valence-corrected chi connectivity index (χ1v) is 20.0. The molecule has 0 N–H and O–H groups in total. The number of fused-ring (bicyclic) bond motifs is 1. The van der Waals surface area contributed by atoms with Gasteiger partial charge in [-0.25, -0.2) is 4.39 Å². The van der Waals surface area contributed by atoms with Gasteiger partial charge in [-0.1, -0.05) is 59.7 Å². The van der Waals surface area contributed by atoms with Crippen LogP contribution in [0.1, 0.15) is 47.1 Å². The molecule has 0 aliphatic heterocycles. The van der Waals surface area contributed by atoms with Crippen molar-refractivity contribution in [3.8, 4) is 22.6 Å². The fourth-order valence-corrected chi connectivity index (χ4v) is 6.00. The van der Waals surface area contributed by atoms with Crippen molar-refractivity contribution in [2.45, 2.75) is 77.8 Å². The predicted octanol–water partition coefficient (Wildman–Crippen LogP) is 11.5. The Bertz CT molecular complexity index is 1330. The van der Waals surface area contributed by atoms with Crippen molar-refractivity contribution in [2.75, 3.05) is 0 Å². The third kappa shape index (κ3) is 6.97. The molecule has 0 saturated carbocycles. The molecule has 3 aromatic rings. The van der Waals surface area contributed by atoms with E-state index in [0.29, 0.717) is 5.75 Å². The predicted molar refractivity (Wildman–Crippen MR) is 171 cm³/mol. The Kier molecular flexibility index (Phi) is 8.65. The SMILES string of the molecule is CC(C)(C)[Si](C)(C)Oc1cc(C=C(Br)Br)c2cc(-c3ccc(O[Si](C)(C)C(C)(C)C)c(F)c3)ccc2c1. The van der Waals surface area contributed by atoms with Crippen LogP contribution in [-0.4, -0.2) is 16.6 Å². The second-order valence-electron chi connectivity index (χ2n) is 12.8. The zero-order valence-electron chi connectivity index (χ0n) is 23.6. The third-order valence-electron chi connectivity index (χ3n) is 7.84. The van der Waals surface area contributed by atoms with Crippen LogP contribution in [0.15, 0.2) is 51.9 Å². The molecule has 0 atom stereocenters. The Morgan fingerprint density at radius 2 is 1.30 bits per heavy atom. The first-order chi connectivity index (χ1) is 16.8. The van der Waals surface area contributed by atoms with E-state index in [2.05, 4.69) is 124 Å². The van der Waals surface area contributed by atoms with Crippen molar-refractivity contribution in [1.29, 1.82) is 0 Å². The van der Waals surface area contributed by atoms with E-state index in [0.717, 1.165) is 36.6 Å². The average molecular weight is 667 g/mol. The largest absolute Gasteiger partial charge is 0.543 e. The molecule has 0 aliphatic carbocycles. The molecule has 0 unspecified atom stereocenters. The van der Waals surface area contributed by atoms with Crippen LogP contribution in [0.5, 0.6) is 11.5 Å². The van der Waals surface area contributed by atoms with E-state index in [-0.39, 0.29) is 15.9 Å². The third-order valence-corrected chi connectivity index (χ3v) is 17.0. The monoisotopic (exact) mass is 664 g/mol. The van der Waals surface area contributed by atoms with Crippen molar-refractivity contribution in [1.82, 2.24) is 0 Å². The molecule has 0 heterocycles. The Hall–Kier alpha value is -1.42. The normalized spacial score (nSPS) is 13.0. The van der Waals surface area contributed by atoms with Crippen LogP contribution in [0.2, 0.25) is 36.3 Å². The summed E-state index contributed by atoms with van der Waals surface area (Å²) in [4.78, 5) is 0. The highest BCUT2D eigenvalue weighted by molar-refractivity contribution is 9.28. The smallest absolute Gasteiger partial charge is 0.250 e. The fraction of sp³-hybridized carbons (Fsp3) is 0.400. The summed E-state index contributed by atoms with van der Waals surface area (Å²) in [6, 6.07) is 15.7. The van der Waals surface area contributed by atoms with Crippen LogP contribution in [-0.2, 0) is 0 Å². The van der Waals surface area contributed by atoms with E-state index < -0.39 is 16.6 Å². The van der Waals surface area contributed by atoms with Gasteiger partial charge in [-0.2, -0.15) is 0 Å². The molecule has 0 aromatic heterocycles. The zero-order chi connectivity index (χ0) is 28.0. The van der Waals surface area contributed by atoms with Gasteiger partial charge in [0, 0.05) is 0 Å². The van der Waals surface area contributed by atoms with E-state index >= 15 is 4.39 Å². The summed E-state index contributed by atoms with van der Waals surface area (Å²) in [5, 5.41) is 2.24. The maximum Gasteiger partial charge on any atom is 0.250 e. The van der Waals surface area contributed by atoms with E-state index in [4.69, 9.17) is 8.85 Å². The molecular weight excluding hydrogens is 627 g/mol. The zero-order valence-corrected chi connectivity index (χ0v) is 28.8. The minimum Gasteiger partial charge on any atom is -0.543 e. The minimum atomic E-state index is -2.13. The summed E-state index contributed by atoms with van der Waals surface area (Å²) >= 11 is 7.04. The van der Waals surface area contributed by atoms with Crippen molar-refractivity contribution in [3.63, 3.8) is 0 Å². The molecule has 200 valence electrons. The Balaban J connectivity index is 2.05. The van der Waals surface area contributed by atoms with Crippen LogP contribution in [0, 0.1) is 5.82 Å². The maximum absolute atomic E-state index is 15.2. The Morgan fingerprint density at radius 3 is 1.84 bits per heavy atom. The number of halogens is 3. The van der Waals surface area contributed by atoms with Gasteiger partial charge in [0.15, 0.2) is 5.82 Å². The quantitative estimate of drug-likeness (QED) is 0.244. The summed E-state index contributed by atoms with van der Waals surface area (Å²) in [6.07, 6.45) is 2.03. The molecular formula is C30H39Br2FO2Si2. The summed E-state index contributed by atoms with van der Waals surface area (Å²) in [7, 11) is -4.13. The second kappa shape index (κ2) is 10.6. The van der Waals surface area contributed by atoms with Crippen LogP contribution >= 0.6 is 31.9 Å². The average Bonchev–Trinajstić information content (AvgIpc) is 2.72. The van der Waals surface area contributed by atoms with Crippen LogP contribution in [0.4, 0.5) is 4.39 Å². The molecule has 0 radical (unpaired) electrons. The molecule has 0 fully saturated rings. The summed E-state index contributed by atoms with van der Waals surface area (Å²) in [6.45, 7) is 21.9. The van der Waals surface area contributed by atoms with E-state index in [9.17, 15) is 0 Å². The summed E-state index contributed by atoms with van der Waals surface area (Å²) in [5.41, 5.74) is 2.79. The van der Waals surface area contributed by atoms with E-state index in [1.54, 1.807) is 12.1 Å². The van der Waals surface area contributed by atoms with Gasteiger partial charge < -0.3 is 8.85 Å². The topological polar surface area (TPSA) is 18.5 Å². The Labute approximate surface area is 241 Å². The Morgan fingerprint density at radius 1 is 0.757 bits per heavy atom. The fourth-order valence-electron chi connectivity index (χ4n) is 3.47. The molecule has 0 saturated heterocycles. The van der Waals surface area contributed by atoms with Gasteiger partial charge in [0.2, 0.25) is 8.32 Å². The molecule has 2 nitrogen and oxygen atoms in total. The van der Waals surface area contributed by atoms with Gasteiger partial charge in [-0.05, 0) is 132 Å². The number of rotatable bonds is 6. The maximum atomic E-state index is 15.2. The lowest BCUT2D eigenvalue weighted by Gasteiger charge is -2.36. The molecule has 3 rings (SSSR count). The highest BCUT2D eigenvalue weighted by atomic mass is 79.9. The lowest BCUT2D eigenvalue weighted by molar-refractivity contribution is 0.457. The lowest BCUT2D eigenvalue weighted by atomic mass is 9.97. The van der Waals surface area contributed by atoms with Gasteiger partial charge >= 0.3 is 0 Å². The molecule has 0 spiro atoms. The number of hydrogen-bond donors (Lipinski definition) is 0. The van der Waals surface area contributed by atoms with Gasteiger partial charge in [0.1, 0.15) is 11.5 Å². The van der Waals surface area contributed by atoms with Gasteiger partial charge in [-0.15, -0.1) is 0 Å². The van der Waals surface area contributed by atoms with Gasteiger partial charge in [0.25, 0.3) is 8.32 Å². The van der Waals surface area contributed by atoms with E-state index in [1.807, 2.05) is 18.2 Å². The summed E-state index contributed by atoms with van der Waals surface area (Å²) < 4.78 is 28.9. The first kappa shape index (κ1) is 30.1. The highest BCUT2D eigenvalue weighted by Crippen LogP contribution is 2.41. The molecule has 0 bridgehead atoms. The summed E-state index contributed by atoms with van der Waals surface area (Å²) in [5.74, 6) is 0.872. The molecule has 7 heteroatoms. The minimum absolute atomic E-state index is 0.00276. The van der Waals surface area contributed by atoms with Crippen molar-refractivity contribution >= 4 is 65.3 Å². The molecule has 0 aliphatic rings. The van der Waals surface area contributed by atoms with Gasteiger partial charge in [-0.3, -0.25) is 0 Å². The van der Waals surface area contributed by atoms with Crippen molar-refractivity contribution in [3.05, 3.63) is 63.3 Å². The van der Waals surface area contributed by atoms with Crippen molar-refractivity contribution in [2.24, 2.45) is 0 Å². The van der Waals surface area contributed by atoms with Crippen LogP contribution in [0.25, 0.3) is 28.0 Å². The van der Waals surface area contributed by atoms with Crippen LogP contribution in [0.3, 0.4) is 0 Å². The molecule has 3 aromatic carbocycles. The van der Waals surface area contributed by atoms with Gasteiger partial charge in [0.05, 0.1) is 3.39 Å². The lowest BCUT2D eigenvalue weighted by Crippen LogP contribution is -2.44. The number of benzene rings is 3. The van der Waals surface area contributed by atoms with E-state index in [1.165, 1.54) is 0 Å². The second-order valence-corrected chi connectivity index (χ2v) is 25.0. The number of hydrogen-bond acceptors (Lipinski definition) is 2. The highest BCUT2D eigenvalue weighted by Gasteiger charge is 2.40. The molecule has 37 heavy (non-hydrogen) atoms. The first-order valence-electron chi connectivity index (χ1n) is 12.6. The molecule has 0 amide bonds.